The molecule has 3 rings (SSSR count). The van der Waals surface area contributed by atoms with E-state index >= 15 is 0 Å². The molecule has 7 nitrogen and oxygen atoms in total. The molecular formula is C19H21ClN4O3. The number of aryl methyl sites for hydroxylation is 2. The fourth-order valence-corrected chi connectivity index (χ4v) is 2.77. The summed E-state index contributed by atoms with van der Waals surface area (Å²) in [4.78, 5) is 12.3. The number of rotatable bonds is 6. The quantitative estimate of drug-likeness (QED) is 0.648. The predicted molar refractivity (Wildman–Crippen MR) is 103 cm³/mol. The van der Waals surface area contributed by atoms with E-state index in [1.807, 2.05) is 39.0 Å². The lowest BCUT2D eigenvalue weighted by Crippen LogP contribution is -2.23. The van der Waals surface area contributed by atoms with Gasteiger partial charge < -0.3 is 9.47 Å². The molecule has 1 aromatic heterocycles. The van der Waals surface area contributed by atoms with Crippen molar-refractivity contribution in [3.8, 4) is 17.2 Å². The molecule has 0 radical (unpaired) electrons. The van der Waals surface area contributed by atoms with E-state index in [9.17, 15) is 4.79 Å². The number of halogens is 1. The molecule has 0 atom stereocenters. The highest BCUT2D eigenvalue weighted by Crippen LogP contribution is 2.30. The Kier molecular flexibility index (Phi) is 5.51. The van der Waals surface area contributed by atoms with Crippen LogP contribution in [0.15, 0.2) is 41.2 Å². The number of aromatic nitrogens is 4. The van der Waals surface area contributed by atoms with Crippen molar-refractivity contribution in [3.63, 3.8) is 0 Å². The smallest absolute Gasteiger partial charge is 0.368 e. The van der Waals surface area contributed by atoms with Crippen molar-refractivity contribution in [1.82, 2.24) is 19.8 Å². The third-order valence-electron chi connectivity index (χ3n) is 3.88. The largest absolute Gasteiger partial charge is 0.491 e. The zero-order valence-corrected chi connectivity index (χ0v) is 16.4. The fraction of sp³-hybridized carbons (Fsp3) is 0.316. The Bertz CT molecular complexity index is 1010. The third-order valence-corrected chi connectivity index (χ3v) is 4.19. The number of nitrogens with zero attached hydrogens (tertiary/aromatic N) is 4. The van der Waals surface area contributed by atoms with Gasteiger partial charge in [-0.2, -0.15) is 9.36 Å². The normalized spacial score (nSPS) is 11.0. The molecule has 0 bridgehead atoms. The lowest BCUT2D eigenvalue weighted by atomic mass is 10.1. The lowest BCUT2D eigenvalue weighted by molar-refractivity contribution is 0.230. The molecule has 2 aromatic carbocycles. The average Bonchev–Trinajstić information content (AvgIpc) is 2.95. The van der Waals surface area contributed by atoms with Crippen LogP contribution >= 0.6 is 11.6 Å². The molecule has 1 heterocycles. The van der Waals surface area contributed by atoms with Crippen molar-refractivity contribution in [2.24, 2.45) is 7.05 Å². The van der Waals surface area contributed by atoms with Crippen LogP contribution in [0.3, 0.4) is 0 Å². The van der Waals surface area contributed by atoms with Crippen LogP contribution < -0.4 is 15.2 Å². The van der Waals surface area contributed by atoms with Crippen molar-refractivity contribution >= 4 is 11.6 Å². The number of hydrogen-bond donors (Lipinski definition) is 0. The Morgan fingerprint density at radius 3 is 2.59 bits per heavy atom. The van der Waals surface area contributed by atoms with E-state index in [4.69, 9.17) is 21.1 Å². The van der Waals surface area contributed by atoms with Crippen LogP contribution in [0.25, 0.3) is 5.69 Å². The topological polar surface area (TPSA) is 71.2 Å². The van der Waals surface area contributed by atoms with Crippen molar-refractivity contribution in [1.29, 1.82) is 0 Å². The molecule has 0 saturated carbocycles. The van der Waals surface area contributed by atoms with E-state index in [1.165, 1.54) is 4.68 Å². The van der Waals surface area contributed by atoms with E-state index in [-0.39, 0.29) is 18.4 Å². The highest BCUT2D eigenvalue weighted by atomic mass is 35.5. The highest BCUT2D eigenvalue weighted by Gasteiger charge is 2.17. The van der Waals surface area contributed by atoms with Gasteiger partial charge in [0.15, 0.2) is 0 Å². The molecule has 0 unspecified atom stereocenters. The van der Waals surface area contributed by atoms with Gasteiger partial charge in [0.25, 0.3) is 0 Å². The molecule has 0 N–H and O–H groups in total. The first-order chi connectivity index (χ1) is 12.9. The molecule has 8 heteroatoms. The van der Waals surface area contributed by atoms with Crippen molar-refractivity contribution in [3.05, 3.63) is 63.0 Å². The molecule has 0 aliphatic heterocycles. The summed E-state index contributed by atoms with van der Waals surface area (Å²) in [5, 5.41) is 8.23. The maximum absolute atomic E-state index is 12.3. The molecule has 0 aliphatic carbocycles. The van der Waals surface area contributed by atoms with Gasteiger partial charge in [0.1, 0.15) is 18.1 Å². The lowest BCUT2D eigenvalue weighted by Gasteiger charge is -2.18. The van der Waals surface area contributed by atoms with Gasteiger partial charge in [-0.15, -0.1) is 0 Å². The second-order valence-electron chi connectivity index (χ2n) is 6.44. The Labute approximate surface area is 162 Å². The van der Waals surface area contributed by atoms with Gasteiger partial charge in [-0.1, -0.05) is 23.7 Å². The third kappa shape index (κ3) is 4.14. The molecule has 0 saturated heterocycles. The molecule has 3 aromatic rings. The monoisotopic (exact) mass is 388 g/mol. The second kappa shape index (κ2) is 7.84. The van der Waals surface area contributed by atoms with Gasteiger partial charge in [-0.05, 0) is 61.0 Å². The molecule has 0 aliphatic rings. The standard InChI is InChI=1S/C19H21ClN4O3/c1-12(2)27-17-7-5-6-16(24-19(25)23(4)21-22-24)14(17)11-26-18-10-13(3)8-9-15(18)20/h5-10,12H,11H2,1-4H3. The van der Waals surface area contributed by atoms with E-state index in [2.05, 4.69) is 10.4 Å². The summed E-state index contributed by atoms with van der Waals surface area (Å²) >= 11 is 6.23. The van der Waals surface area contributed by atoms with Crippen molar-refractivity contribution in [2.45, 2.75) is 33.5 Å². The maximum atomic E-state index is 12.3. The fourth-order valence-electron chi connectivity index (χ4n) is 2.60. The van der Waals surface area contributed by atoms with Crippen LogP contribution in [0.5, 0.6) is 11.5 Å². The predicted octanol–water partition coefficient (Wildman–Crippen LogP) is 3.29. The summed E-state index contributed by atoms with van der Waals surface area (Å²) in [6.07, 6.45) is -0.0415. The minimum Gasteiger partial charge on any atom is -0.491 e. The first kappa shape index (κ1) is 19.0. The van der Waals surface area contributed by atoms with Gasteiger partial charge in [0.2, 0.25) is 0 Å². The number of hydrogen-bond acceptors (Lipinski definition) is 5. The van der Waals surface area contributed by atoms with E-state index < -0.39 is 0 Å². The first-order valence-electron chi connectivity index (χ1n) is 8.53. The van der Waals surface area contributed by atoms with Gasteiger partial charge >= 0.3 is 5.69 Å². The molecule has 27 heavy (non-hydrogen) atoms. The zero-order valence-electron chi connectivity index (χ0n) is 15.6. The Balaban J connectivity index is 2.04. The molecule has 0 fully saturated rings. The number of benzene rings is 2. The zero-order chi connectivity index (χ0) is 19.6. The van der Waals surface area contributed by atoms with Crippen LogP contribution in [0.1, 0.15) is 25.0 Å². The van der Waals surface area contributed by atoms with E-state index in [1.54, 1.807) is 25.2 Å². The van der Waals surface area contributed by atoms with Gasteiger partial charge in [0, 0.05) is 7.05 Å². The maximum Gasteiger partial charge on any atom is 0.368 e. The van der Waals surface area contributed by atoms with Crippen LogP contribution in [0.2, 0.25) is 5.02 Å². The molecular weight excluding hydrogens is 368 g/mol. The van der Waals surface area contributed by atoms with Crippen LogP contribution in [0, 0.1) is 6.92 Å². The summed E-state index contributed by atoms with van der Waals surface area (Å²) in [6.45, 7) is 5.99. The Hall–Kier alpha value is -2.80. The average molecular weight is 389 g/mol. The summed E-state index contributed by atoms with van der Waals surface area (Å²) in [7, 11) is 1.54. The SMILES string of the molecule is Cc1ccc(Cl)c(OCc2c(OC(C)C)cccc2-n2nnn(C)c2=O)c1. The molecule has 0 spiro atoms. The summed E-state index contributed by atoms with van der Waals surface area (Å²) in [5.41, 5.74) is 1.92. The minimum atomic E-state index is -0.355. The number of tetrazole rings is 1. The van der Waals surface area contributed by atoms with Gasteiger partial charge in [0.05, 0.1) is 22.4 Å². The summed E-state index contributed by atoms with van der Waals surface area (Å²) in [6, 6.07) is 11.0. The Morgan fingerprint density at radius 1 is 1.15 bits per heavy atom. The summed E-state index contributed by atoms with van der Waals surface area (Å²) in [5.74, 6) is 1.18. The summed E-state index contributed by atoms with van der Waals surface area (Å²) < 4.78 is 14.3. The van der Waals surface area contributed by atoms with Crippen molar-refractivity contribution < 1.29 is 9.47 Å². The molecule has 0 amide bonds. The minimum absolute atomic E-state index is 0.0415. The van der Waals surface area contributed by atoms with E-state index in [0.717, 1.165) is 10.2 Å². The Morgan fingerprint density at radius 2 is 1.93 bits per heavy atom. The van der Waals surface area contributed by atoms with Gasteiger partial charge in [-0.25, -0.2) is 4.79 Å². The van der Waals surface area contributed by atoms with Crippen molar-refractivity contribution in [2.75, 3.05) is 0 Å². The number of ether oxygens (including phenoxy) is 2. The van der Waals surface area contributed by atoms with Gasteiger partial charge in [-0.3, -0.25) is 0 Å². The van der Waals surface area contributed by atoms with Crippen LogP contribution in [-0.4, -0.2) is 25.9 Å². The second-order valence-corrected chi connectivity index (χ2v) is 6.85. The molecule has 142 valence electrons. The first-order valence-corrected chi connectivity index (χ1v) is 8.91. The highest BCUT2D eigenvalue weighted by molar-refractivity contribution is 6.32. The van der Waals surface area contributed by atoms with Crippen LogP contribution in [0.4, 0.5) is 0 Å². The van der Waals surface area contributed by atoms with E-state index in [0.29, 0.717) is 27.8 Å². The van der Waals surface area contributed by atoms with Crippen LogP contribution in [-0.2, 0) is 13.7 Å².